The Kier molecular flexibility index (Phi) is 9.50. The number of nitrogens with one attached hydrogen (secondary N) is 3. The third kappa shape index (κ3) is 7.39. The van der Waals surface area contributed by atoms with E-state index in [0.29, 0.717) is 17.0 Å². The fourth-order valence-corrected chi connectivity index (χ4v) is 3.58. The first-order chi connectivity index (χ1) is 16.5. The van der Waals surface area contributed by atoms with Crippen molar-refractivity contribution in [3.05, 3.63) is 62.5 Å². The minimum atomic E-state index is -1.02. The summed E-state index contributed by atoms with van der Waals surface area (Å²) < 4.78 is 10.6. The highest BCUT2D eigenvalue weighted by Gasteiger charge is 2.38. The molecule has 0 saturated carbocycles. The van der Waals surface area contributed by atoms with Gasteiger partial charge in [0.05, 0.1) is 35.1 Å². The SMILES string of the molecule is CC(=O)NCCOC(=O)C1=C(C)NC(C)=C(C(=O)OCCNC(C)=O)C1c1cccc([N+](=O)[O-])c1. The van der Waals surface area contributed by atoms with Crippen molar-refractivity contribution in [2.45, 2.75) is 33.6 Å². The molecule has 1 aromatic carbocycles. The monoisotopic (exact) mass is 488 g/mol. The number of allylic oxidation sites excluding steroid dienone is 2. The van der Waals surface area contributed by atoms with Gasteiger partial charge in [0.15, 0.2) is 0 Å². The number of rotatable bonds is 10. The molecule has 0 unspecified atom stereocenters. The number of hydrogen-bond acceptors (Lipinski definition) is 9. The molecule has 0 aliphatic carbocycles. The van der Waals surface area contributed by atoms with Crippen LogP contribution in [0.5, 0.6) is 0 Å². The molecule has 2 amide bonds. The van der Waals surface area contributed by atoms with Crippen LogP contribution < -0.4 is 16.0 Å². The molecule has 0 saturated heterocycles. The predicted octanol–water partition coefficient (Wildman–Crippen LogP) is 1.19. The van der Waals surface area contributed by atoms with E-state index in [1.54, 1.807) is 19.9 Å². The number of ether oxygens (including phenoxy) is 2. The molecule has 0 radical (unpaired) electrons. The minimum absolute atomic E-state index is 0.0766. The molecule has 2 rings (SSSR count). The molecular formula is C23H28N4O8. The third-order valence-electron chi connectivity index (χ3n) is 5.03. The van der Waals surface area contributed by atoms with Crippen LogP contribution in [0.2, 0.25) is 0 Å². The number of carbonyl (C=O) groups excluding carboxylic acids is 4. The van der Waals surface area contributed by atoms with Crippen molar-refractivity contribution in [3.63, 3.8) is 0 Å². The number of nitro groups is 1. The van der Waals surface area contributed by atoms with Crippen molar-refractivity contribution >= 4 is 29.4 Å². The highest BCUT2D eigenvalue weighted by molar-refractivity contribution is 6.00. The first-order valence-corrected chi connectivity index (χ1v) is 10.8. The summed E-state index contributed by atoms with van der Waals surface area (Å²) in [4.78, 5) is 59.1. The number of amides is 2. The molecule has 1 aromatic rings. The van der Waals surface area contributed by atoms with Gasteiger partial charge in [-0.1, -0.05) is 12.1 Å². The molecular weight excluding hydrogens is 460 g/mol. The lowest BCUT2D eigenvalue weighted by atomic mass is 9.80. The maximum absolute atomic E-state index is 13.1. The second-order valence-corrected chi connectivity index (χ2v) is 7.73. The smallest absolute Gasteiger partial charge is 0.336 e. The molecule has 1 aliphatic heterocycles. The second-order valence-electron chi connectivity index (χ2n) is 7.73. The van der Waals surface area contributed by atoms with E-state index in [1.165, 1.54) is 32.0 Å². The molecule has 1 aliphatic rings. The largest absolute Gasteiger partial charge is 0.460 e. The Bertz CT molecular complexity index is 1040. The molecule has 188 valence electrons. The Labute approximate surface area is 201 Å². The van der Waals surface area contributed by atoms with E-state index in [-0.39, 0.29) is 55.0 Å². The second kappa shape index (κ2) is 12.3. The van der Waals surface area contributed by atoms with E-state index >= 15 is 0 Å². The molecule has 12 heteroatoms. The summed E-state index contributed by atoms with van der Waals surface area (Å²) in [5.41, 5.74) is 1.06. The van der Waals surface area contributed by atoms with Crippen LogP contribution in [0.3, 0.4) is 0 Å². The van der Waals surface area contributed by atoms with Crippen LogP contribution in [0.1, 0.15) is 39.2 Å². The maximum atomic E-state index is 13.1. The number of carbonyl (C=O) groups is 4. The molecule has 12 nitrogen and oxygen atoms in total. The van der Waals surface area contributed by atoms with E-state index in [9.17, 15) is 29.3 Å². The number of nitro benzene ring substituents is 1. The van der Waals surface area contributed by atoms with Gasteiger partial charge in [0.25, 0.3) is 5.69 Å². The van der Waals surface area contributed by atoms with Crippen LogP contribution in [0.4, 0.5) is 5.69 Å². The van der Waals surface area contributed by atoms with Gasteiger partial charge in [-0.05, 0) is 19.4 Å². The summed E-state index contributed by atoms with van der Waals surface area (Å²) >= 11 is 0. The van der Waals surface area contributed by atoms with Crippen LogP contribution in [-0.4, -0.2) is 55.0 Å². The van der Waals surface area contributed by atoms with Crippen molar-refractivity contribution in [3.8, 4) is 0 Å². The number of hydrogen-bond donors (Lipinski definition) is 3. The van der Waals surface area contributed by atoms with E-state index in [2.05, 4.69) is 16.0 Å². The molecule has 3 N–H and O–H groups in total. The molecule has 0 spiro atoms. The normalized spacial score (nSPS) is 13.6. The van der Waals surface area contributed by atoms with Gasteiger partial charge in [-0.25, -0.2) is 9.59 Å². The van der Waals surface area contributed by atoms with Crippen molar-refractivity contribution in [1.82, 2.24) is 16.0 Å². The lowest BCUT2D eigenvalue weighted by Crippen LogP contribution is -2.34. The number of dihydropyridines is 1. The van der Waals surface area contributed by atoms with Crippen LogP contribution >= 0.6 is 0 Å². The summed E-state index contributed by atoms with van der Waals surface area (Å²) in [6, 6.07) is 5.61. The summed E-state index contributed by atoms with van der Waals surface area (Å²) in [5.74, 6) is -3.10. The predicted molar refractivity (Wildman–Crippen MR) is 124 cm³/mol. The Morgan fingerprint density at radius 3 is 1.86 bits per heavy atom. The molecule has 0 fully saturated rings. The van der Waals surface area contributed by atoms with Crippen LogP contribution in [0.15, 0.2) is 46.8 Å². The van der Waals surface area contributed by atoms with Crippen molar-refractivity contribution in [1.29, 1.82) is 0 Å². The molecule has 0 bridgehead atoms. The fraction of sp³-hybridized carbons (Fsp3) is 0.391. The summed E-state index contributed by atoms with van der Waals surface area (Å²) in [7, 11) is 0. The van der Waals surface area contributed by atoms with Gasteiger partial charge < -0.3 is 25.4 Å². The van der Waals surface area contributed by atoms with E-state index in [1.807, 2.05) is 0 Å². The summed E-state index contributed by atoms with van der Waals surface area (Å²) in [6.45, 7) is 5.86. The van der Waals surface area contributed by atoms with Gasteiger partial charge in [-0.2, -0.15) is 0 Å². The van der Waals surface area contributed by atoms with Crippen LogP contribution in [0.25, 0.3) is 0 Å². The lowest BCUT2D eigenvalue weighted by molar-refractivity contribution is -0.384. The first kappa shape index (κ1) is 27.0. The average molecular weight is 488 g/mol. The third-order valence-corrected chi connectivity index (χ3v) is 5.03. The number of nitrogens with zero attached hydrogens (tertiary/aromatic N) is 1. The number of esters is 2. The zero-order valence-electron chi connectivity index (χ0n) is 19.9. The number of non-ortho nitro benzene ring substituents is 1. The zero-order chi connectivity index (χ0) is 26.1. The quantitative estimate of drug-likeness (QED) is 0.190. The molecule has 0 atom stereocenters. The summed E-state index contributed by atoms with van der Waals surface area (Å²) in [5, 5.41) is 19.4. The van der Waals surface area contributed by atoms with Crippen LogP contribution in [-0.2, 0) is 28.7 Å². The average Bonchev–Trinajstić information content (AvgIpc) is 2.78. The van der Waals surface area contributed by atoms with Gasteiger partial charge in [0.2, 0.25) is 11.8 Å². The van der Waals surface area contributed by atoms with Gasteiger partial charge in [0.1, 0.15) is 13.2 Å². The maximum Gasteiger partial charge on any atom is 0.336 e. The van der Waals surface area contributed by atoms with Gasteiger partial charge in [-0.3, -0.25) is 19.7 Å². The Morgan fingerprint density at radius 1 is 0.943 bits per heavy atom. The van der Waals surface area contributed by atoms with E-state index < -0.39 is 22.8 Å². The highest BCUT2D eigenvalue weighted by atomic mass is 16.6. The summed E-state index contributed by atoms with van der Waals surface area (Å²) in [6.07, 6.45) is 0. The van der Waals surface area contributed by atoms with E-state index in [0.717, 1.165) is 0 Å². The topological polar surface area (TPSA) is 166 Å². The van der Waals surface area contributed by atoms with Gasteiger partial charge in [0, 0.05) is 37.4 Å². The van der Waals surface area contributed by atoms with Crippen molar-refractivity contribution in [2.24, 2.45) is 0 Å². The van der Waals surface area contributed by atoms with E-state index in [4.69, 9.17) is 9.47 Å². The first-order valence-electron chi connectivity index (χ1n) is 10.8. The zero-order valence-corrected chi connectivity index (χ0v) is 19.9. The fourth-order valence-electron chi connectivity index (χ4n) is 3.58. The Morgan fingerprint density at radius 2 is 1.43 bits per heavy atom. The standard InChI is InChI=1S/C23H28N4O8/c1-13-19(22(30)34-10-8-24-15(3)28)21(17-6-5-7-18(12-17)27(32)33)20(14(2)26-13)23(31)35-11-9-25-16(4)29/h5-7,12,21,26H,8-11H2,1-4H3,(H,24,28)(H,25,29). The lowest BCUT2D eigenvalue weighted by Gasteiger charge is -2.30. The van der Waals surface area contributed by atoms with Crippen LogP contribution in [0, 0.1) is 10.1 Å². The van der Waals surface area contributed by atoms with Crippen molar-refractivity contribution in [2.75, 3.05) is 26.3 Å². The number of benzene rings is 1. The molecule has 1 heterocycles. The van der Waals surface area contributed by atoms with Gasteiger partial charge >= 0.3 is 11.9 Å². The van der Waals surface area contributed by atoms with Crippen molar-refractivity contribution < 1.29 is 33.6 Å². The molecule has 35 heavy (non-hydrogen) atoms. The highest BCUT2D eigenvalue weighted by Crippen LogP contribution is 2.40. The van der Waals surface area contributed by atoms with Gasteiger partial charge in [-0.15, -0.1) is 0 Å². The molecule has 0 aromatic heterocycles. The Balaban J connectivity index is 2.43. The minimum Gasteiger partial charge on any atom is -0.460 e. The Hall–Kier alpha value is -4.22.